The van der Waals surface area contributed by atoms with Crippen LogP contribution in [0.4, 0.5) is 68.2 Å². The summed E-state index contributed by atoms with van der Waals surface area (Å²) < 4.78 is 14.3. The molecule has 0 radical (unpaired) electrons. The van der Waals surface area contributed by atoms with Crippen molar-refractivity contribution in [2.75, 3.05) is 19.6 Å². The van der Waals surface area contributed by atoms with Crippen molar-refractivity contribution in [1.82, 2.24) is 0 Å². The summed E-state index contributed by atoms with van der Waals surface area (Å²) in [6.45, 7) is 28.5. The molecular weight excluding hydrogens is 1480 g/mol. The van der Waals surface area contributed by atoms with E-state index in [1.807, 2.05) is 0 Å². The Morgan fingerprint density at radius 1 is 0.164 bits per heavy atom. The van der Waals surface area contributed by atoms with Crippen molar-refractivity contribution in [3.8, 4) is 78.7 Å². The largest absolute Gasteiger partial charge is 0.455 e. The lowest BCUT2D eigenvalue weighted by Crippen LogP contribution is -2.23. The zero-order chi connectivity index (χ0) is 83.1. The Morgan fingerprint density at radius 3 is 0.672 bits per heavy atom. The van der Waals surface area contributed by atoms with E-state index < -0.39 is 0 Å². The number of hydrogen-bond acceptors (Lipinski definition) is 6. The molecule has 0 saturated heterocycles. The second kappa shape index (κ2) is 27.3. The lowest BCUT2D eigenvalue weighted by atomic mass is 9.74. The summed E-state index contributed by atoms with van der Waals surface area (Å²) in [6, 6.07) is 133. The number of furan rings is 2. The number of para-hydroxylation sites is 6. The van der Waals surface area contributed by atoms with E-state index in [0.29, 0.717) is 0 Å². The molecule has 0 atom stereocenters. The van der Waals surface area contributed by atoms with Gasteiger partial charge in [-0.3, -0.25) is 0 Å². The van der Waals surface area contributed by atoms with Gasteiger partial charge in [0.2, 0.25) is 0 Å². The summed E-state index contributed by atoms with van der Waals surface area (Å²) in [5.41, 5.74) is 40.5. The van der Waals surface area contributed by atoms with Crippen LogP contribution in [-0.2, 0) is 32.5 Å². The van der Waals surface area contributed by atoms with Crippen LogP contribution in [0.15, 0.2) is 373 Å². The molecule has 592 valence electrons. The van der Waals surface area contributed by atoms with Gasteiger partial charge >= 0.3 is 0 Å². The molecule has 6 aliphatic rings. The molecule has 2 aromatic heterocycles. The Balaban J connectivity index is 0.000000146. The van der Waals surface area contributed by atoms with E-state index in [2.05, 4.69) is 467 Å². The molecule has 15 aromatic carbocycles. The normalized spacial score (nSPS) is 15.3. The van der Waals surface area contributed by atoms with Crippen molar-refractivity contribution >= 4 is 68.2 Å². The second-order valence-electron chi connectivity index (χ2n) is 37.1. The topological polar surface area (TPSA) is 39.2 Å². The standard InChI is InChI=1S/C61H50N2O.C55H46N2O/c1-59(2)50-28-18-16-27-46(50)47-33-30-43(37-51(47)59)63(54-29-19-17-26-45(54)39-20-10-7-11-21-39)44-32-35-49-53(38-44)61(5,6)56-55-57(64-58(49)56)48-34-31-42(36-52(48)60(55,3)4)62(40-22-12-8-13-23-40)41-24-14-9-15-25-41;1-53(2)45-25-17-16-24-41(45)42-29-26-39(32-46(42)53)57(37-22-14-9-15-23-37)40-28-31-44-48(34-40)55(5,6)50-49-51(58-52(44)50)43-30-27-38(33-47(43)54(49,3)4)56(35-18-10-7-11-19-35)36-20-12-8-13-21-36/h7-38H,1-6H3;7-34H,1-6H3. The highest BCUT2D eigenvalue weighted by Gasteiger charge is 2.53. The Labute approximate surface area is 717 Å². The van der Waals surface area contributed by atoms with Gasteiger partial charge in [-0.15, -0.1) is 0 Å². The number of hydrogen-bond donors (Lipinski definition) is 0. The van der Waals surface area contributed by atoms with Gasteiger partial charge in [-0.1, -0.05) is 283 Å². The molecule has 0 N–H and O–H groups in total. The minimum atomic E-state index is -0.327. The molecule has 0 spiro atoms. The fourth-order valence-corrected chi connectivity index (χ4v) is 21.9. The van der Waals surface area contributed by atoms with E-state index in [1.54, 1.807) is 0 Å². The number of rotatable bonds is 13. The Kier molecular flexibility index (Phi) is 16.6. The molecule has 0 saturated carbocycles. The summed E-state index contributed by atoms with van der Waals surface area (Å²) >= 11 is 0. The number of benzene rings is 15. The second-order valence-corrected chi connectivity index (χ2v) is 37.1. The highest BCUT2D eigenvalue weighted by atomic mass is 16.3. The molecule has 2 heterocycles. The summed E-state index contributed by atoms with van der Waals surface area (Å²) in [6.07, 6.45) is 0. The van der Waals surface area contributed by atoms with Crippen LogP contribution in [0.3, 0.4) is 0 Å². The van der Waals surface area contributed by atoms with Crippen LogP contribution in [0.25, 0.3) is 78.7 Å². The predicted molar refractivity (Wildman–Crippen MR) is 507 cm³/mol. The van der Waals surface area contributed by atoms with E-state index in [4.69, 9.17) is 8.83 Å². The first-order valence-electron chi connectivity index (χ1n) is 43.1. The summed E-state index contributed by atoms with van der Waals surface area (Å²) in [5.74, 6) is 4.03. The van der Waals surface area contributed by atoms with Gasteiger partial charge in [-0.2, -0.15) is 0 Å². The van der Waals surface area contributed by atoms with E-state index in [0.717, 1.165) is 91.3 Å². The molecule has 6 nitrogen and oxygen atoms in total. The molecule has 6 heteroatoms. The minimum absolute atomic E-state index is 0.0917. The van der Waals surface area contributed by atoms with E-state index >= 15 is 0 Å². The molecule has 0 fully saturated rings. The van der Waals surface area contributed by atoms with Crippen LogP contribution in [0.1, 0.15) is 150 Å². The van der Waals surface area contributed by atoms with Gasteiger partial charge in [-0.05, 0) is 236 Å². The SMILES string of the molecule is CC1(C)c2ccccc2-c2ccc(N(c3ccc4c(c3)C(C)(C)c3c-4oc4c3C(C)(C)c3cc(N(c5ccccc5)c5ccccc5)ccc3-4)c3ccccc3-c3ccccc3)cc21.CC1(C)c2ccccc2-c2ccc(N(c3ccccc3)c3ccc4c(c3)C(C)(C)c3c-4oc4c3C(C)(C)c3cc(N(c5ccccc5)c5ccccc5)ccc3-4)cc21. The Morgan fingerprint density at radius 2 is 0.377 bits per heavy atom. The predicted octanol–water partition coefficient (Wildman–Crippen LogP) is 31.9. The molecule has 122 heavy (non-hydrogen) atoms. The van der Waals surface area contributed by atoms with Crippen molar-refractivity contribution < 1.29 is 8.83 Å². The maximum absolute atomic E-state index is 7.19. The quantitative estimate of drug-likeness (QED) is 0.115. The molecule has 0 bridgehead atoms. The molecule has 0 aliphatic heterocycles. The van der Waals surface area contributed by atoms with Crippen molar-refractivity contribution in [3.63, 3.8) is 0 Å². The fourth-order valence-electron chi connectivity index (χ4n) is 21.9. The number of fused-ring (bicyclic) bond motifs is 20. The maximum atomic E-state index is 7.19. The zero-order valence-electron chi connectivity index (χ0n) is 71.2. The third-order valence-electron chi connectivity index (χ3n) is 28.0. The first-order chi connectivity index (χ1) is 59.1. The van der Waals surface area contributed by atoms with E-state index in [1.165, 1.54) is 122 Å². The maximum Gasteiger partial charge on any atom is 0.139 e. The molecule has 0 amide bonds. The zero-order valence-corrected chi connectivity index (χ0v) is 71.2. The Hall–Kier alpha value is -13.9. The average molecular weight is 1580 g/mol. The highest BCUT2D eigenvalue weighted by Crippen LogP contribution is 2.66. The highest BCUT2D eigenvalue weighted by molar-refractivity contribution is 5.97. The minimum Gasteiger partial charge on any atom is -0.455 e. The van der Waals surface area contributed by atoms with E-state index in [9.17, 15) is 0 Å². The van der Waals surface area contributed by atoms with E-state index in [-0.39, 0.29) is 32.5 Å². The lowest BCUT2D eigenvalue weighted by Gasteiger charge is -2.31. The molecule has 0 unspecified atom stereocenters. The number of nitrogens with zero attached hydrogens (tertiary/aromatic N) is 4. The first kappa shape index (κ1) is 74.4. The van der Waals surface area contributed by atoms with Gasteiger partial charge in [-0.25, -0.2) is 0 Å². The van der Waals surface area contributed by atoms with Gasteiger partial charge in [0.15, 0.2) is 0 Å². The monoisotopic (exact) mass is 1580 g/mol. The van der Waals surface area contributed by atoms with Crippen molar-refractivity contribution in [3.05, 3.63) is 431 Å². The third kappa shape index (κ3) is 11.1. The van der Waals surface area contributed by atoms with Crippen LogP contribution < -0.4 is 19.6 Å². The van der Waals surface area contributed by atoms with Crippen molar-refractivity contribution in [1.29, 1.82) is 0 Å². The van der Waals surface area contributed by atoms with Crippen molar-refractivity contribution in [2.45, 2.75) is 116 Å². The third-order valence-corrected chi connectivity index (χ3v) is 28.0. The van der Waals surface area contributed by atoms with Gasteiger partial charge in [0, 0.05) is 145 Å². The smallest absolute Gasteiger partial charge is 0.139 e. The number of anilines is 12. The van der Waals surface area contributed by atoms with Crippen LogP contribution in [0.5, 0.6) is 0 Å². The summed E-state index contributed by atoms with van der Waals surface area (Å²) in [7, 11) is 0. The summed E-state index contributed by atoms with van der Waals surface area (Å²) in [4.78, 5) is 9.61. The van der Waals surface area contributed by atoms with Crippen LogP contribution >= 0.6 is 0 Å². The van der Waals surface area contributed by atoms with Gasteiger partial charge in [0.1, 0.15) is 23.0 Å². The molecular formula is C116H96N4O2. The van der Waals surface area contributed by atoms with Crippen LogP contribution in [0.2, 0.25) is 0 Å². The molecule has 17 aromatic rings. The first-order valence-corrected chi connectivity index (χ1v) is 43.1. The van der Waals surface area contributed by atoms with Gasteiger partial charge in [0.05, 0.1) is 5.69 Å². The van der Waals surface area contributed by atoms with Gasteiger partial charge in [0.25, 0.3) is 0 Å². The van der Waals surface area contributed by atoms with Gasteiger partial charge < -0.3 is 28.4 Å². The summed E-state index contributed by atoms with van der Waals surface area (Å²) in [5, 5.41) is 0. The van der Waals surface area contributed by atoms with Crippen molar-refractivity contribution in [2.24, 2.45) is 0 Å². The lowest BCUT2D eigenvalue weighted by molar-refractivity contribution is 0.592. The molecule has 23 rings (SSSR count). The van der Waals surface area contributed by atoms with Crippen LogP contribution in [-0.4, -0.2) is 0 Å². The fraction of sp³-hybridized carbons (Fsp3) is 0.155. The van der Waals surface area contributed by atoms with Crippen LogP contribution in [0, 0.1) is 0 Å². The molecule has 6 aliphatic carbocycles. The average Bonchev–Trinajstić information content (AvgIpc) is 1.52. The Bertz CT molecular complexity index is 6990.